The summed E-state index contributed by atoms with van der Waals surface area (Å²) in [5.74, 6) is 1.19. The number of carboxylic acid groups (broad SMARTS) is 1. The maximum atomic E-state index is 10.7. The molecule has 0 fully saturated rings. The molecule has 1 aromatic carbocycles. The van der Waals surface area contributed by atoms with Crippen molar-refractivity contribution in [3.05, 3.63) is 29.3 Å². The number of nitrogens with one attached hydrogen (secondary N) is 1. The second-order valence-electron chi connectivity index (χ2n) is 4.61. The van der Waals surface area contributed by atoms with E-state index >= 15 is 0 Å². The Morgan fingerprint density at radius 1 is 1.44 bits per heavy atom. The molecule has 2 rings (SSSR count). The lowest BCUT2D eigenvalue weighted by Crippen LogP contribution is -2.19. The van der Waals surface area contributed by atoms with E-state index in [1.807, 2.05) is 12.1 Å². The number of benzene rings is 1. The zero-order chi connectivity index (χ0) is 11.7. The summed E-state index contributed by atoms with van der Waals surface area (Å²) in [5.41, 5.74) is 3.23. The van der Waals surface area contributed by atoms with Gasteiger partial charge in [-0.1, -0.05) is 26.0 Å². The summed E-state index contributed by atoms with van der Waals surface area (Å²) in [6, 6.07) is 5.89. The molecule has 3 nitrogen and oxygen atoms in total. The molecule has 2 N–H and O–H groups in total. The van der Waals surface area contributed by atoms with Crippen LogP contribution in [0.5, 0.6) is 0 Å². The number of hydrogen-bond acceptors (Lipinski definition) is 1. The van der Waals surface area contributed by atoms with Crippen LogP contribution < -0.4 is 5.32 Å². The van der Waals surface area contributed by atoms with Crippen LogP contribution in [0.4, 0.5) is 10.5 Å². The molecule has 2 atom stereocenters. The molecule has 3 heteroatoms. The molecule has 1 aliphatic rings. The molecule has 0 aromatic heterocycles. The largest absolute Gasteiger partial charge is 0.465 e. The molecule has 1 amide bonds. The van der Waals surface area contributed by atoms with Gasteiger partial charge in [0.2, 0.25) is 0 Å². The first kappa shape index (κ1) is 11.0. The topological polar surface area (TPSA) is 49.3 Å². The Morgan fingerprint density at radius 2 is 2.19 bits per heavy atom. The van der Waals surface area contributed by atoms with E-state index in [2.05, 4.69) is 25.2 Å². The Morgan fingerprint density at radius 3 is 2.88 bits per heavy atom. The molecule has 2 unspecified atom stereocenters. The molecule has 86 valence electrons. The quantitative estimate of drug-likeness (QED) is 0.759. The van der Waals surface area contributed by atoms with Crippen molar-refractivity contribution in [2.75, 3.05) is 5.32 Å². The first-order valence-corrected chi connectivity index (χ1v) is 5.71. The summed E-state index contributed by atoms with van der Waals surface area (Å²) < 4.78 is 0. The van der Waals surface area contributed by atoms with E-state index in [0.29, 0.717) is 11.8 Å². The molecule has 0 saturated carbocycles. The van der Waals surface area contributed by atoms with Crippen molar-refractivity contribution in [2.45, 2.75) is 32.6 Å². The maximum Gasteiger partial charge on any atom is 0.409 e. The van der Waals surface area contributed by atoms with Gasteiger partial charge in [-0.2, -0.15) is 0 Å². The Hall–Kier alpha value is -1.51. The van der Waals surface area contributed by atoms with Crippen LogP contribution in [0.25, 0.3) is 0 Å². The first-order valence-electron chi connectivity index (χ1n) is 5.71. The fourth-order valence-corrected chi connectivity index (χ4v) is 2.47. The molecule has 16 heavy (non-hydrogen) atoms. The Balaban J connectivity index is 2.40. The van der Waals surface area contributed by atoms with Crippen LogP contribution in [0.15, 0.2) is 18.2 Å². The summed E-state index contributed by atoms with van der Waals surface area (Å²) in [6.07, 6.45) is 1.11. The second kappa shape index (κ2) is 4.16. The molecular formula is C13H17NO2. The molecule has 0 aliphatic heterocycles. The molecule has 0 spiro atoms. The van der Waals surface area contributed by atoms with E-state index < -0.39 is 6.09 Å². The lowest BCUT2D eigenvalue weighted by atomic mass is 9.76. The summed E-state index contributed by atoms with van der Waals surface area (Å²) in [4.78, 5) is 10.7. The predicted molar refractivity (Wildman–Crippen MR) is 64.0 cm³/mol. The highest BCUT2D eigenvalue weighted by atomic mass is 16.4. The van der Waals surface area contributed by atoms with Gasteiger partial charge in [0.25, 0.3) is 0 Å². The minimum absolute atomic E-state index is 0.513. The van der Waals surface area contributed by atoms with Crippen molar-refractivity contribution in [1.29, 1.82) is 0 Å². The lowest BCUT2D eigenvalue weighted by molar-refractivity contribution is 0.209. The number of anilines is 1. The van der Waals surface area contributed by atoms with Gasteiger partial charge in [-0.15, -0.1) is 0 Å². The highest BCUT2D eigenvalue weighted by Crippen LogP contribution is 2.38. The van der Waals surface area contributed by atoms with E-state index in [-0.39, 0.29) is 0 Å². The van der Waals surface area contributed by atoms with Crippen LogP contribution in [0.3, 0.4) is 0 Å². The van der Waals surface area contributed by atoms with Crippen LogP contribution in [0.2, 0.25) is 0 Å². The third kappa shape index (κ3) is 1.90. The predicted octanol–water partition coefficient (Wildman–Crippen LogP) is 3.46. The Labute approximate surface area is 95.5 Å². The lowest BCUT2D eigenvalue weighted by Gasteiger charge is -2.29. The van der Waals surface area contributed by atoms with E-state index in [4.69, 9.17) is 5.11 Å². The van der Waals surface area contributed by atoms with Crippen molar-refractivity contribution < 1.29 is 9.90 Å². The smallest absolute Gasteiger partial charge is 0.409 e. The third-order valence-electron chi connectivity index (χ3n) is 3.65. The van der Waals surface area contributed by atoms with E-state index in [9.17, 15) is 4.79 Å². The van der Waals surface area contributed by atoms with Gasteiger partial charge < -0.3 is 5.11 Å². The van der Waals surface area contributed by atoms with E-state index in [1.165, 1.54) is 11.1 Å². The molecule has 0 heterocycles. The maximum absolute atomic E-state index is 10.7. The molecular weight excluding hydrogens is 202 g/mol. The molecule has 1 aliphatic carbocycles. The van der Waals surface area contributed by atoms with Gasteiger partial charge >= 0.3 is 6.09 Å². The standard InChI is InChI=1S/C13H17NO2/c1-8-6-7-11-10(9(8)2)4-3-5-12(11)14-13(15)16/h3-5,8-9,14H,6-7H2,1-2H3,(H,15,16). The monoisotopic (exact) mass is 219 g/mol. The fourth-order valence-electron chi connectivity index (χ4n) is 2.47. The van der Waals surface area contributed by atoms with Gasteiger partial charge in [0.05, 0.1) is 0 Å². The van der Waals surface area contributed by atoms with Crippen molar-refractivity contribution in [2.24, 2.45) is 5.92 Å². The van der Waals surface area contributed by atoms with Gasteiger partial charge in [-0.25, -0.2) is 4.79 Å². The molecule has 0 saturated heterocycles. The first-order chi connectivity index (χ1) is 7.59. The van der Waals surface area contributed by atoms with Gasteiger partial charge in [-0.05, 0) is 41.9 Å². The van der Waals surface area contributed by atoms with E-state index in [1.54, 1.807) is 0 Å². The van der Waals surface area contributed by atoms with Crippen molar-refractivity contribution in [3.8, 4) is 0 Å². The second-order valence-corrected chi connectivity index (χ2v) is 4.61. The molecule has 0 bridgehead atoms. The average Bonchev–Trinajstić information content (AvgIpc) is 2.23. The summed E-state index contributed by atoms with van der Waals surface area (Å²) >= 11 is 0. The minimum Gasteiger partial charge on any atom is -0.465 e. The average molecular weight is 219 g/mol. The van der Waals surface area contributed by atoms with Crippen LogP contribution >= 0.6 is 0 Å². The van der Waals surface area contributed by atoms with Gasteiger partial charge in [0, 0.05) is 5.69 Å². The third-order valence-corrected chi connectivity index (χ3v) is 3.65. The minimum atomic E-state index is -0.986. The van der Waals surface area contributed by atoms with Gasteiger partial charge in [0.1, 0.15) is 0 Å². The van der Waals surface area contributed by atoms with Crippen LogP contribution in [-0.4, -0.2) is 11.2 Å². The van der Waals surface area contributed by atoms with Crippen molar-refractivity contribution >= 4 is 11.8 Å². The number of fused-ring (bicyclic) bond motifs is 1. The number of carbonyl (C=O) groups is 1. The fraction of sp³-hybridized carbons (Fsp3) is 0.462. The summed E-state index contributed by atoms with van der Waals surface area (Å²) in [6.45, 7) is 4.47. The summed E-state index contributed by atoms with van der Waals surface area (Å²) in [5, 5.41) is 11.3. The van der Waals surface area contributed by atoms with Crippen molar-refractivity contribution in [1.82, 2.24) is 0 Å². The SMILES string of the molecule is CC1CCc2c(NC(=O)O)cccc2C1C. The normalized spacial score (nSPS) is 23.6. The molecule has 0 radical (unpaired) electrons. The highest BCUT2D eigenvalue weighted by Gasteiger charge is 2.24. The van der Waals surface area contributed by atoms with Crippen LogP contribution in [-0.2, 0) is 6.42 Å². The Kier molecular flexibility index (Phi) is 2.86. The van der Waals surface area contributed by atoms with Crippen LogP contribution in [0.1, 0.15) is 37.3 Å². The van der Waals surface area contributed by atoms with Gasteiger partial charge in [-0.3, -0.25) is 5.32 Å². The highest BCUT2D eigenvalue weighted by molar-refractivity contribution is 5.84. The number of amides is 1. The summed E-state index contributed by atoms with van der Waals surface area (Å²) in [7, 11) is 0. The van der Waals surface area contributed by atoms with E-state index in [0.717, 1.165) is 18.5 Å². The Bertz CT molecular complexity index is 414. The van der Waals surface area contributed by atoms with Crippen LogP contribution in [0, 0.1) is 5.92 Å². The molecule has 1 aromatic rings. The van der Waals surface area contributed by atoms with Gasteiger partial charge in [0.15, 0.2) is 0 Å². The zero-order valence-corrected chi connectivity index (χ0v) is 9.66. The number of hydrogen-bond donors (Lipinski definition) is 2. The number of rotatable bonds is 1. The van der Waals surface area contributed by atoms with Crippen molar-refractivity contribution in [3.63, 3.8) is 0 Å². The zero-order valence-electron chi connectivity index (χ0n) is 9.66.